The van der Waals surface area contributed by atoms with Crippen molar-refractivity contribution >= 4 is 12.2 Å². The van der Waals surface area contributed by atoms with Crippen molar-refractivity contribution in [2.75, 3.05) is 39.5 Å². The van der Waals surface area contributed by atoms with Crippen LogP contribution < -0.4 is 16.0 Å². The summed E-state index contributed by atoms with van der Waals surface area (Å²) < 4.78 is 36.1. The van der Waals surface area contributed by atoms with Crippen LogP contribution in [0.4, 0.5) is 18.4 Å². The lowest BCUT2D eigenvalue weighted by Gasteiger charge is -2.23. The molecule has 0 unspecified atom stereocenters. The van der Waals surface area contributed by atoms with E-state index in [1.807, 2.05) is 39.0 Å². The minimum atomic E-state index is -0.544. The van der Waals surface area contributed by atoms with E-state index in [9.17, 15) is 18.4 Å². The molecule has 0 aromatic heterocycles. The Kier molecular flexibility index (Phi) is 11.6. The summed E-state index contributed by atoms with van der Waals surface area (Å²) in [6.45, 7) is 13.2. The van der Waals surface area contributed by atoms with Crippen molar-refractivity contribution in [3.63, 3.8) is 0 Å². The number of likely N-dealkylation sites (tertiary alicyclic amines) is 1. The molecule has 2 aliphatic heterocycles. The Morgan fingerprint density at radius 1 is 0.865 bits per heavy atom. The van der Waals surface area contributed by atoms with Crippen molar-refractivity contribution in [2.45, 2.75) is 71.4 Å². The zero-order valence-electron chi connectivity index (χ0n) is 23.0. The standard InChI is InChI=1S/C17H25FN2O2.C10H19FN2O2/c1-17(2,3)22-16(21)19-15-12-20(11-14(15)9-18)10-13-7-5-4-6-8-13;1-10(2,3)15-9(14)13-8-6-12-5-7(8)4-11/h4-8,14-15H,9-12H2,1-3H3,(H,19,21);7-8,12H,4-6H2,1-3H3,(H,13,14)/t14-,15+;7-,8+/m00/s1. The Morgan fingerprint density at radius 3 is 1.92 bits per heavy atom. The first-order chi connectivity index (χ1) is 17.3. The number of alkyl halides is 2. The molecule has 2 aliphatic rings. The van der Waals surface area contributed by atoms with Gasteiger partial charge < -0.3 is 25.4 Å². The molecule has 0 aliphatic carbocycles. The average Bonchev–Trinajstić information content (AvgIpc) is 3.38. The molecule has 1 aromatic rings. The number of hydrogen-bond acceptors (Lipinski definition) is 6. The second kappa shape index (κ2) is 13.9. The first kappa shape index (κ1) is 30.8. The molecule has 2 fully saturated rings. The number of benzene rings is 1. The number of hydrogen-bond donors (Lipinski definition) is 3. The van der Waals surface area contributed by atoms with Crippen LogP contribution in [0.15, 0.2) is 30.3 Å². The summed E-state index contributed by atoms with van der Waals surface area (Å²) in [7, 11) is 0. The van der Waals surface area contributed by atoms with E-state index in [0.29, 0.717) is 26.2 Å². The lowest BCUT2D eigenvalue weighted by molar-refractivity contribution is 0.0481. The van der Waals surface area contributed by atoms with Crippen LogP contribution in [0.25, 0.3) is 0 Å². The minimum Gasteiger partial charge on any atom is -0.444 e. The Labute approximate surface area is 219 Å². The number of amides is 2. The SMILES string of the molecule is CC(C)(C)OC(=O)N[C@@H]1CN(Cc2ccccc2)C[C@@H]1CF.CC(C)(C)OC(=O)N[C@@H]1CNC[C@@H]1CF. The molecule has 0 spiro atoms. The molecule has 10 heteroatoms. The van der Waals surface area contributed by atoms with Crippen LogP contribution >= 0.6 is 0 Å². The lowest BCUT2D eigenvalue weighted by Crippen LogP contribution is -2.43. The van der Waals surface area contributed by atoms with Gasteiger partial charge in [0, 0.05) is 44.6 Å². The summed E-state index contributed by atoms with van der Waals surface area (Å²) in [6, 6.07) is 9.71. The maximum absolute atomic E-state index is 13.2. The van der Waals surface area contributed by atoms with Gasteiger partial charge in [-0.25, -0.2) is 9.59 Å². The van der Waals surface area contributed by atoms with Gasteiger partial charge in [0.25, 0.3) is 0 Å². The molecule has 2 saturated heterocycles. The maximum atomic E-state index is 13.2. The van der Waals surface area contributed by atoms with E-state index in [-0.39, 0.29) is 23.9 Å². The Bertz CT molecular complexity index is 845. The fourth-order valence-corrected chi connectivity index (χ4v) is 4.23. The van der Waals surface area contributed by atoms with Crippen molar-refractivity contribution in [3.8, 4) is 0 Å². The normalized spacial score (nSPS) is 24.1. The van der Waals surface area contributed by atoms with Crippen molar-refractivity contribution in [1.82, 2.24) is 20.9 Å². The number of alkyl carbamates (subject to hydrolysis) is 2. The molecule has 210 valence electrons. The summed E-state index contributed by atoms with van der Waals surface area (Å²) in [4.78, 5) is 25.4. The summed E-state index contributed by atoms with van der Waals surface area (Å²) in [5.74, 6) is -0.325. The highest BCUT2D eigenvalue weighted by Crippen LogP contribution is 2.21. The highest BCUT2D eigenvalue weighted by molar-refractivity contribution is 5.68. The van der Waals surface area contributed by atoms with Gasteiger partial charge in [-0.05, 0) is 47.1 Å². The molecule has 4 atom stereocenters. The van der Waals surface area contributed by atoms with E-state index in [1.54, 1.807) is 20.8 Å². The predicted molar refractivity (Wildman–Crippen MR) is 140 cm³/mol. The number of nitrogens with one attached hydrogen (secondary N) is 3. The highest BCUT2D eigenvalue weighted by Gasteiger charge is 2.35. The summed E-state index contributed by atoms with van der Waals surface area (Å²) in [5, 5.41) is 8.51. The van der Waals surface area contributed by atoms with Crippen molar-refractivity contribution in [3.05, 3.63) is 35.9 Å². The third-order valence-corrected chi connectivity index (χ3v) is 5.91. The van der Waals surface area contributed by atoms with Crippen LogP contribution in [0.3, 0.4) is 0 Å². The first-order valence-electron chi connectivity index (χ1n) is 12.9. The second-order valence-electron chi connectivity index (χ2n) is 11.7. The van der Waals surface area contributed by atoms with Gasteiger partial charge >= 0.3 is 12.2 Å². The van der Waals surface area contributed by atoms with Gasteiger partial charge in [0.05, 0.1) is 25.4 Å². The smallest absolute Gasteiger partial charge is 0.407 e. The third-order valence-electron chi connectivity index (χ3n) is 5.91. The number of ether oxygens (including phenoxy) is 2. The fourth-order valence-electron chi connectivity index (χ4n) is 4.23. The lowest BCUT2D eigenvalue weighted by atomic mass is 10.1. The summed E-state index contributed by atoms with van der Waals surface area (Å²) in [6.07, 6.45) is -0.952. The van der Waals surface area contributed by atoms with E-state index in [1.165, 1.54) is 5.56 Å². The predicted octanol–water partition coefficient (Wildman–Crippen LogP) is 4.05. The summed E-state index contributed by atoms with van der Waals surface area (Å²) in [5.41, 5.74) is 0.136. The monoisotopic (exact) mass is 526 g/mol. The molecule has 1 aromatic carbocycles. The van der Waals surface area contributed by atoms with Gasteiger partial charge in [0.15, 0.2) is 0 Å². The van der Waals surface area contributed by atoms with E-state index in [4.69, 9.17) is 9.47 Å². The maximum Gasteiger partial charge on any atom is 0.407 e. The number of carbonyl (C=O) groups excluding carboxylic acids is 2. The summed E-state index contributed by atoms with van der Waals surface area (Å²) >= 11 is 0. The zero-order chi connectivity index (χ0) is 27.6. The van der Waals surface area contributed by atoms with E-state index >= 15 is 0 Å². The Balaban J connectivity index is 0.000000281. The van der Waals surface area contributed by atoms with Crippen LogP contribution in [-0.4, -0.2) is 79.9 Å². The zero-order valence-corrected chi connectivity index (χ0v) is 23.0. The van der Waals surface area contributed by atoms with E-state index in [2.05, 4.69) is 33.0 Å². The second-order valence-corrected chi connectivity index (χ2v) is 11.7. The minimum absolute atomic E-state index is 0.141. The Hall–Kier alpha value is -2.46. The van der Waals surface area contributed by atoms with Gasteiger partial charge in [-0.3, -0.25) is 13.7 Å². The molecule has 8 nitrogen and oxygen atoms in total. The molecular weight excluding hydrogens is 482 g/mol. The number of carbonyl (C=O) groups is 2. The Morgan fingerprint density at radius 2 is 1.41 bits per heavy atom. The van der Waals surface area contributed by atoms with Crippen molar-refractivity contribution < 1.29 is 27.8 Å². The van der Waals surface area contributed by atoms with Crippen LogP contribution in [0.5, 0.6) is 0 Å². The molecule has 0 saturated carbocycles. The molecule has 37 heavy (non-hydrogen) atoms. The molecular formula is C27H44F2N4O4. The molecule has 3 rings (SSSR count). The van der Waals surface area contributed by atoms with Gasteiger partial charge in [-0.2, -0.15) is 0 Å². The highest BCUT2D eigenvalue weighted by atomic mass is 19.1. The first-order valence-corrected chi connectivity index (χ1v) is 12.9. The van der Waals surface area contributed by atoms with Crippen LogP contribution in [-0.2, 0) is 16.0 Å². The molecule has 2 amide bonds. The van der Waals surface area contributed by atoms with Crippen LogP contribution in [0, 0.1) is 11.8 Å². The number of halogens is 2. The van der Waals surface area contributed by atoms with Gasteiger partial charge in [-0.1, -0.05) is 30.3 Å². The van der Waals surface area contributed by atoms with E-state index in [0.717, 1.165) is 6.54 Å². The van der Waals surface area contributed by atoms with Crippen LogP contribution in [0.1, 0.15) is 47.1 Å². The van der Waals surface area contributed by atoms with Crippen LogP contribution in [0.2, 0.25) is 0 Å². The topological polar surface area (TPSA) is 91.9 Å². The average molecular weight is 527 g/mol. The largest absolute Gasteiger partial charge is 0.444 e. The molecule has 0 radical (unpaired) electrons. The molecule has 2 heterocycles. The van der Waals surface area contributed by atoms with Crippen molar-refractivity contribution in [1.29, 1.82) is 0 Å². The molecule has 0 bridgehead atoms. The quantitative estimate of drug-likeness (QED) is 0.518. The molecule has 3 N–H and O–H groups in total. The van der Waals surface area contributed by atoms with Gasteiger partial charge in [0.1, 0.15) is 11.2 Å². The third kappa shape index (κ3) is 11.6. The number of nitrogens with zero attached hydrogens (tertiary/aromatic N) is 1. The van der Waals surface area contributed by atoms with Crippen molar-refractivity contribution in [2.24, 2.45) is 11.8 Å². The van der Waals surface area contributed by atoms with Gasteiger partial charge in [0.2, 0.25) is 0 Å². The fraction of sp³-hybridized carbons (Fsp3) is 0.704. The van der Waals surface area contributed by atoms with E-state index < -0.39 is 36.7 Å². The van der Waals surface area contributed by atoms with Gasteiger partial charge in [-0.15, -0.1) is 0 Å². The number of rotatable bonds is 6.